The summed E-state index contributed by atoms with van der Waals surface area (Å²) in [6.45, 7) is 3.88. The van der Waals surface area contributed by atoms with E-state index in [4.69, 9.17) is 5.39 Å². The maximum absolute atomic E-state index is 8.74. The Labute approximate surface area is 122 Å². The SMILES string of the molecule is Cc1cc(N(C)C)cc(C)c1[N+]#N.Cl.[Cl-].[Zn]. The van der Waals surface area contributed by atoms with E-state index in [2.05, 4.69) is 4.98 Å². The first-order valence-electron chi connectivity index (χ1n) is 4.20. The van der Waals surface area contributed by atoms with Gasteiger partial charge in [-0.15, -0.1) is 12.4 Å². The smallest absolute Gasteiger partial charge is 0.390 e. The monoisotopic (exact) mass is 311 g/mol. The first kappa shape index (κ1) is 21.0. The van der Waals surface area contributed by atoms with E-state index >= 15 is 0 Å². The summed E-state index contributed by atoms with van der Waals surface area (Å²) in [6.07, 6.45) is 0. The summed E-state index contributed by atoms with van der Waals surface area (Å²) in [4.78, 5) is 5.28. The van der Waals surface area contributed by atoms with E-state index in [0.29, 0.717) is 5.69 Å². The molecule has 16 heavy (non-hydrogen) atoms. The van der Waals surface area contributed by atoms with Crippen molar-refractivity contribution in [2.45, 2.75) is 13.8 Å². The fourth-order valence-electron chi connectivity index (χ4n) is 1.35. The molecule has 0 bridgehead atoms. The molecule has 3 nitrogen and oxygen atoms in total. The van der Waals surface area contributed by atoms with E-state index in [1.807, 2.05) is 45.0 Å². The Bertz CT molecular complexity index is 352. The minimum Gasteiger partial charge on any atom is -1.00 e. The van der Waals surface area contributed by atoms with E-state index in [0.717, 1.165) is 16.8 Å². The van der Waals surface area contributed by atoms with Crippen LogP contribution in [0.2, 0.25) is 0 Å². The Morgan fingerprint density at radius 3 is 1.75 bits per heavy atom. The van der Waals surface area contributed by atoms with E-state index in [-0.39, 0.29) is 44.3 Å². The van der Waals surface area contributed by atoms with Crippen molar-refractivity contribution in [1.82, 2.24) is 0 Å². The van der Waals surface area contributed by atoms with Gasteiger partial charge in [-0.2, -0.15) is 0 Å². The molecular formula is C10H15Cl2N3Zn. The third-order valence-corrected chi connectivity index (χ3v) is 2.09. The van der Waals surface area contributed by atoms with E-state index in [9.17, 15) is 0 Å². The van der Waals surface area contributed by atoms with Gasteiger partial charge < -0.3 is 17.3 Å². The Morgan fingerprint density at radius 1 is 1.12 bits per heavy atom. The van der Waals surface area contributed by atoms with Crippen LogP contribution in [0.1, 0.15) is 11.1 Å². The van der Waals surface area contributed by atoms with Crippen molar-refractivity contribution in [3.05, 3.63) is 28.2 Å². The van der Waals surface area contributed by atoms with Crippen LogP contribution >= 0.6 is 12.4 Å². The summed E-state index contributed by atoms with van der Waals surface area (Å²) in [7, 11) is 3.98. The van der Waals surface area contributed by atoms with Crippen molar-refractivity contribution in [1.29, 1.82) is 5.39 Å². The van der Waals surface area contributed by atoms with Gasteiger partial charge in [0, 0.05) is 50.4 Å². The second kappa shape index (κ2) is 8.76. The number of anilines is 1. The van der Waals surface area contributed by atoms with Crippen molar-refractivity contribution in [3.8, 4) is 0 Å². The number of rotatable bonds is 1. The summed E-state index contributed by atoms with van der Waals surface area (Å²) in [5.41, 5.74) is 3.78. The summed E-state index contributed by atoms with van der Waals surface area (Å²) in [5.74, 6) is 0. The van der Waals surface area contributed by atoms with Gasteiger partial charge in [-0.05, 0) is 26.0 Å². The summed E-state index contributed by atoms with van der Waals surface area (Å²) in [6, 6.07) is 4.00. The molecule has 0 atom stereocenters. The van der Waals surface area contributed by atoms with E-state index < -0.39 is 0 Å². The first-order chi connectivity index (χ1) is 6.06. The normalized spacial score (nSPS) is 7.69. The molecule has 0 saturated heterocycles. The van der Waals surface area contributed by atoms with Crippen LogP contribution in [-0.4, -0.2) is 14.1 Å². The van der Waals surface area contributed by atoms with Crippen molar-refractivity contribution in [2.24, 2.45) is 0 Å². The molecule has 0 aliphatic rings. The van der Waals surface area contributed by atoms with Gasteiger partial charge in [-0.25, -0.2) is 0 Å². The fourth-order valence-corrected chi connectivity index (χ4v) is 1.35. The average molecular weight is 314 g/mol. The third kappa shape index (κ3) is 4.66. The number of benzene rings is 1. The predicted molar refractivity (Wildman–Crippen MR) is 62.2 cm³/mol. The maximum atomic E-state index is 8.74. The standard InChI is InChI=1S/C10H14N3.2ClH.Zn/c1-7-5-9(13(3)4)6-8(2)10(7)12-11;;;/h5-6H,1-4H3;2*1H;/q+1;;;/p-1. The number of nitrogens with zero attached hydrogens (tertiary/aromatic N) is 3. The third-order valence-electron chi connectivity index (χ3n) is 2.09. The summed E-state index contributed by atoms with van der Waals surface area (Å²) < 4.78 is 0. The van der Waals surface area contributed by atoms with Gasteiger partial charge in [0.15, 0.2) is 4.98 Å². The van der Waals surface area contributed by atoms with Gasteiger partial charge in [0.05, 0.1) is 0 Å². The molecule has 0 radical (unpaired) electrons. The molecule has 0 aromatic heterocycles. The minimum absolute atomic E-state index is 0. The molecule has 1 aromatic rings. The molecule has 0 saturated carbocycles. The van der Waals surface area contributed by atoms with Crippen LogP contribution in [0.15, 0.2) is 12.1 Å². The largest absolute Gasteiger partial charge is 1.00 e. The molecule has 0 N–H and O–H groups in total. The molecule has 6 heteroatoms. The quantitative estimate of drug-likeness (QED) is 0.551. The van der Waals surface area contributed by atoms with Crippen LogP contribution in [0.3, 0.4) is 0 Å². The van der Waals surface area contributed by atoms with Crippen LogP contribution in [0.5, 0.6) is 0 Å². The van der Waals surface area contributed by atoms with Gasteiger partial charge in [0.1, 0.15) is 0 Å². The number of halogens is 2. The zero-order valence-corrected chi connectivity index (χ0v) is 14.5. The van der Waals surface area contributed by atoms with Crippen LogP contribution in [0.25, 0.3) is 4.98 Å². The molecule has 1 rings (SSSR count). The molecule has 86 valence electrons. The second-order valence-electron chi connectivity index (χ2n) is 3.42. The number of diazo groups is 1. The van der Waals surface area contributed by atoms with Gasteiger partial charge in [0.2, 0.25) is 5.39 Å². The zero-order valence-electron chi connectivity index (χ0n) is 9.99. The zero-order chi connectivity index (χ0) is 10.0. The van der Waals surface area contributed by atoms with E-state index in [1.165, 1.54) is 0 Å². The molecule has 0 unspecified atom stereocenters. The van der Waals surface area contributed by atoms with Crippen LogP contribution in [0.4, 0.5) is 11.4 Å². The average Bonchev–Trinajstić information content (AvgIpc) is 2.03. The van der Waals surface area contributed by atoms with Crippen molar-refractivity contribution >= 4 is 23.8 Å². The van der Waals surface area contributed by atoms with Gasteiger partial charge >= 0.3 is 5.69 Å². The number of aryl methyl sites for hydroxylation is 2. The Kier molecular flexibility index (Phi) is 11.5. The second-order valence-corrected chi connectivity index (χ2v) is 3.42. The molecule has 0 aliphatic carbocycles. The number of hydrogen-bond donors (Lipinski definition) is 0. The van der Waals surface area contributed by atoms with Crippen LogP contribution < -0.4 is 17.3 Å². The van der Waals surface area contributed by atoms with Crippen LogP contribution in [-0.2, 0) is 19.5 Å². The molecule has 0 amide bonds. The summed E-state index contributed by atoms with van der Waals surface area (Å²) >= 11 is 0. The molecule has 0 fully saturated rings. The first-order valence-corrected chi connectivity index (χ1v) is 4.20. The Morgan fingerprint density at radius 2 is 1.50 bits per heavy atom. The number of hydrogen-bond acceptors (Lipinski definition) is 2. The molecule has 0 heterocycles. The molecule has 0 spiro atoms. The molecule has 0 aliphatic heterocycles. The van der Waals surface area contributed by atoms with Gasteiger partial charge in [-0.1, -0.05) is 0 Å². The van der Waals surface area contributed by atoms with Crippen molar-refractivity contribution in [3.63, 3.8) is 0 Å². The fraction of sp³-hybridized carbons (Fsp3) is 0.400. The van der Waals surface area contributed by atoms with E-state index in [1.54, 1.807) is 0 Å². The van der Waals surface area contributed by atoms with Crippen molar-refractivity contribution in [2.75, 3.05) is 19.0 Å². The molecule has 1 aromatic carbocycles. The Hall–Kier alpha value is -0.357. The van der Waals surface area contributed by atoms with Crippen LogP contribution in [0, 0.1) is 19.2 Å². The van der Waals surface area contributed by atoms with Gasteiger partial charge in [0.25, 0.3) is 0 Å². The molecular weight excluding hydrogens is 298 g/mol. The summed E-state index contributed by atoms with van der Waals surface area (Å²) in [5, 5.41) is 8.74. The topological polar surface area (TPSA) is 31.4 Å². The van der Waals surface area contributed by atoms with Gasteiger partial charge in [-0.3, -0.25) is 0 Å². The van der Waals surface area contributed by atoms with Crippen molar-refractivity contribution < 1.29 is 31.9 Å². The minimum atomic E-state index is 0. The maximum Gasteiger partial charge on any atom is 0.390 e. The predicted octanol–water partition coefficient (Wildman–Crippen LogP) is 0.277. The Balaban J connectivity index is -0.000000563.